The van der Waals surface area contributed by atoms with E-state index in [0.29, 0.717) is 31.7 Å². The number of hydrogen-bond donors (Lipinski definition) is 2. The SMILES string of the molecule is CC(C)(C)OC(=O)N1CCN(c2ccc(C([OH2+])=NC(=N)C3(c4ccc(-c5cnc(N)nc5)cc4)CCC3)cn2)CC1. The number of nitrogen functional groups attached to an aromatic ring is 1. The minimum Gasteiger partial charge on any atom is -0.578 e. The number of hydrogen-bond acceptors (Lipinski definition) is 8. The van der Waals surface area contributed by atoms with Crippen LogP contribution in [0.3, 0.4) is 0 Å². The van der Waals surface area contributed by atoms with E-state index in [1.165, 1.54) is 0 Å². The Morgan fingerprint density at radius 1 is 0.976 bits per heavy atom. The zero-order chi connectivity index (χ0) is 29.2. The van der Waals surface area contributed by atoms with Crippen LogP contribution in [0.25, 0.3) is 11.1 Å². The molecule has 5 rings (SSSR count). The zero-order valence-electron chi connectivity index (χ0n) is 23.7. The molecule has 1 aromatic carbocycles. The van der Waals surface area contributed by atoms with Crippen molar-refractivity contribution in [2.24, 2.45) is 4.99 Å². The third kappa shape index (κ3) is 6.13. The van der Waals surface area contributed by atoms with Gasteiger partial charge in [0, 0.05) is 50.3 Å². The lowest BCUT2D eigenvalue weighted by molar-refractivity contribution is 0.0240. The predicted octanol–water partition coefficient (Wildman–Crippen LogP) is 3.75. The summed E-state index contributed by atoms with van der Waals surface area (Å²) in [7, 11) is 0. The van der Waals surface area contributed by atoms with E-state index in [0.717, 1.165) is 41.8 Å². The topological polar surface area (TPSA) is 157 Å². The number of carbonyl (C=O) groups excluding carboxylic acids is 1. The van der Waals surface area contributed by atoms with Crippen molar-refractivity contribution in [1.82, 2.24) is 19.9 Å². The number of nitrogens with zero attached hydrogens (tertiary/aromatic N) is 6. The number of piperazine rings is 1. The van der Waals surface area contributed by atoms with Crippen LogP contribution in [-0.4, -0.2) is 74.6 Å². The average molecular weight is 558 g/mol. The molecule has 0 unspecified atom stereocenters. The van der Waals surface area contributed by atoms with E-state index in [9.17, 15) is 4.79 Å². The molecule has 1 amide bonds. The number of aliphatic imine (C=N–C) groups is 1. The molecule has 1 saturated heterocycles. The highest BCUT2D eigenvalue weighted by atomic mass is 16.6. The number of carbonyl (C=O) groups is 1. The lowest BCUT2D eigenvalue weighted by Gasteiger charge is -2.41. The molecule has 0 radical (unpaired) electrons. The number of aromatic nitrogens is 3. The molecule has 1 saturated carbocycles. The second-order valence-electron chi connectivity index (χ2n) is 11.5. The van der Waals surface area contributed by atoms with E-state index in [4.69, 9.17) is 21.0 Å². The zero-order valence-corrected chi connectivity index (χ0v) is 23.7. The van der Waals surface area contributed by atoms with Gasteiger partial charge in [-0.15, -0.1) is 4.99 Å². The maximum absolute atomic E-state index is 12.3. The molecule has 2 fully saturated rings. The van der Waals surface area contributed by atoms with E-state index >= 15 is 0 Å². The van der Waals surface area contributed by atoms with E-state index in [-0.39, 0.29) is 23.8 Å². The number of amides is 1. The molecular formula is C30H37N8O3+. The molecule has 1 aliphatic heterocycles. The fourth-order valence-electron chi connectivity index (χ4n) is 5.10. The highest BCUT2D eigenvalue weighted by Crippen LogP contribution is 2.45. The number of anilines is 2. The quantitative estimate of drug-likeness (QED) is 0.275. The van der Waals surface area contributed by atoms with Crippen molar-refractivity contribution < 1.29 is 14.6 Å². The summed E-state index contributed by atoms with van der Waals surface area (Å²) in [6.07, 6.45) is 7.37. The lowest BCUT2D eigenvalue weighted by Crippen LogP contribution is -2.50. The Morgan fingerprint density at radius 3 is 2.17 bits per heavy atom. The van der Waals surface area contributed by atoms with Crippen LogP contribution in [0.2, 0.25) is 0 Å². The van der Waals surface area contributed by atoms with Crippen molar-refractivity contribution in [1.29, 1.82) is 5.41 Å². The van der Waals surface area contributed by atoms with Gasteiger partial charge in [0.25, 0.3) is 0 Å². The first-order chi connectivity index (χ1) is 19.5. The summed E-state index contributed by atoms with van der Waals surface area (Å²) < 4.78 is 5.48. The fraction of sp³-hybridized carbons (Fsp3) is 0.400. The molecule has 5 N–H and O–H groups in total. The van der Waals surface area contributed by atoms with E-state index in [1.807, 2.05) is 57.2 Å². The van der Waals surface area contributed by atoms with Gasteiger partial charge < -0.3 is 25.4 Å². The Kier molecular flexibility index (Phi) is 7.61. The van der Waals surface area contributed by atoms with Gasteiger partial charge >= 0.3 is 12.0 Å². The third-order valence-electron chi connectivity index (χ3n) is 7.60. The average Bonchev–Trinajstić information content (AvgIpc) is 2.92. The molecule has 0 bridgehead atoms. The summed E-state index contributed by atoms with van der Waals surface area (Å²) in [5, 5.41) is 17.4. The van der Waals surface area contributed by atoms with Gasteiger partial charge in [-0.3, -0.25) is 5.41 Å². The van der Waals surface area contributed by atoms with Crippen molar-refractivity contribution in [2.75, 3.05) is 36.8 Å². The van der Waals surface area contributed by atoms with Crippen LogP contribution < -0.4 is 10.6 Å². The van der Waals surface area contributed by atoms with E-state index in [1.54, 1.807) is 23.5 Å². The molecule has 0 spiro atoms. The molecule has 11 nitrogen and oxygen atoms in total. The maximum Gasteiger partial charge on any atom is 0.410 e. The van der Waals surface area contributed by atoms with Gasteiger partial charge in [0.15, 0.2) is 0 Å². The van der Waals surface area contributed by atoms with Crippen molar-refractivity contribution >= 4 is 29.6 Å². The van der Waals surface area contributed by atoms with Crippen molar-refractivity contribution in [3.63, 3.8) is 0 Å². The molecule has 2 aliphatic rings. The molecule has 3 aromatic rings. The number of pyridine rings is 1. The molecule has 3 heterocycles. The minimum atomic E-state index is -0.519. The summed E-state index contributed by atoms with van der Waals surface area (Å²) in [5.41, 5.74) is 8.00. The minimum absolute atomic E-state index is 0.0192. The summed E-state index contributed by atoms with van der Waals surface area (Å²) in [4.78, 5) is 33.3. The smallest absolute Gasteiger partial charge is 0.410 e. The van der Waals surface area contributed by atoms with Gasteiger partial charge in [-0.05, 0) is 56.9 Å². The van der Waals surface area contributed by atoms with E-state index < -0.39 is 11.0 Å². The number of ether oxygens (including phenoxy) is 1. The van der Waals surface area contributed by atoms with Crippen LogP contribution in [-0.2, 0) is 10.2 Å². The molecule has 1 aliphatic carbocycles. The highest BCUT2D eigenvalue weighted by molar-refractivity contribution is 6.05. The fourth-order valence-corrected chi connectivity index (χ4v) is 5.10. The Balaban J connectivity index is 1.23. The molecular weight excluding hydrogens is 520 g/mol. The molecule has 2 aromatic heterocycles. The van der Waals surface area contributed by atoms with Crippen LogP contribution in [0.15, 0.2) is 60.0 Å². The molecule has 11 heteroatoms. The lowest BCUT2D eigenvalue weighted by atomic mass is 9.63. The van der Waals surface area contributed by atoms with Crippen LogP contribution >= 0.6 is 0 Å². The van der Waals surface area contributed by atoms with Crippen LogP contribution in [0.4, 0.5) is 16.6 Å². The number of rotatable bonds is 5. The normalized spacial score (nSPS) is 17.1. The van der Waals surface area contributed by atoms with Gasteiger partial charge in [0.1, 0.15) is 22.8 Å². The van der Waals surface area contributed by atoms with Gasteiger partial charge in [-0.25, -0.2) is 19.7 Å². The highest BCUT2D eigenvalue weighted by Gasteiger charge is 2.43. The second-order valence-corrected chi connectivity index (χ2v) is 11.5. The number of nitrogens with one attached hydrogen (secondary N) is 1. The summed E-state index contributed by atoms with van der Waals surface area (Å²) in [6.45, 7) is 7.98. The van der Waals surface area contributed by atoms with Crippen molar-refractivity contribution in [2.45, 2.75) is 51.0 Å². The third-order valence-corrected chi connectivity index (χ3v) is 7.60. The summed E-state index contributed by atoms with van der Waals surface area (Å²) in [5.74, 6) is 1.23. The number of nitrogens with two attached hydrogens (primary N) is 1. The second kappa shape index (κ2) is 11.1. The van der Waals surface area contributed by atoms with Crippen LogP contribution in [0.5, 0.6) is 0 Å². The number of amidine groups is 1. The summed E-state index contributed by atoms with van der Waals surface area (Å²) in [6, 6.07) is 11.7. The van der Waals surface area contributed by atoms with Crippen molar-refractivity contribution in [3.8, 4) is 11.1 Å². The van der Waals surface area contributed by atoms with Gasteiger partial charge in [-0.2, -0.15) is 0 Å². The van der Waals surface area contributed by atoms with Crippen LogP contribution in [0, 0.1) is 5.41 Å². The van der Waals surface area contributed by atoms with E-state index in [2.05, 4.69) is 24.8 Å². The summed E-state index contributed by atoms with van der Waals surface area (Å²) >= 11 is 0. The molecule has 214 valence electrons. The maximum atomic E-state index is 12.3. The largest absolute Gasteiger partial charge is 0.578 e. The van der Waals surface area contributed by atoms with Crippen molar-refractivity contribution in [3.05, 3.63) is 66.1 Å². The Bertz CT molecular complexity index is 1420. The van der Waals surface area contributed by atoms with Gasteiger partial charge in [-0.1, -0.05) is 30.7 Å². The monoisotopic (exact) mass is 557 g/mol. The first kappa shape index (κ1) is 28.0. The Labute approximate surface area is 239 Å². The predicted molar refractivity (Wildman–Crippen MR) is 160 cm³/mol. The Hall–Kier alpha value is -4.54. The molecule has 41 heavy (non-hydrogen) atoms. The first-order valence-corrected chi connectivity index (χ1v) is 13.8. The Morgan fingerprint density at radius 2 is 1.63 bits per heavy atom. The van der Waals surface area contributed by atoms with Gasteiger partial charge in [0.2, 0.25) is 5.95 Å². The molecule has 0 atom stereocenters. The first-order valence-electron chi connectivity index (χ1n) is 13.8. The van der Waals surface area contributed by atoms with Gasteiger partial charge in [0.05, 0.1) is 5.41 Å². The number of benzene rings is 1. The van der Waals surface area contributed by atoms with Crippen LogP contribution in [0.1, 0.15) is 51.2 Å². The standard InChI is InChI=1S/C30H36N8O3/c1-29(2,3)41-28(40)38-15-13-37(14-16-38)24-10-7-21(17-33-24)25(39)36-26(31)30(11-4-12-30)23-8-5-20(6-9-23)22-18-34-27(32)35-19-22/h5-10,17-19H,4,11-16H2,1-3H3,(H2,31,36,39)(H2,32,34,35)/p+1.